The lowest BCUT2D eigenvalue weighted by Crippen LogP contribution is -2.49. The van der Waals surface area contributed by atoms with Gasteiger partial charge in [-0.15, -0.1) is 0 Å². The zero-order valence-corrected chi connectivity index (χ0v) is 13.0. The third kappa shape index (κ3) is 2.64. The minimum Gasteiger partial charge on any atom is -0.422 e. The van der Waals surface area contributed by atoms with Gasteiger partial charge in [-0.05, 0) is 25.1 Å². The van der Waals surface area contributed by atoms with Gasteiger partial charge in [0.15, 0.2) is 0 Å². The molecular formula is C17H20N2O3. The van der Waals surface area contributed by atoms with E-state index in [-0.39, 0.29) is 11.5 Å². The Morgan fingerprint density at radius 2 is 1.95 bits per heavy atom. The lowest BCUT2D eigenvalue weighted by molar-refractivity contribution is 0.0639. The highest BCUT2D eigenvalue weighted by molar-refractivity contribution is 5.97. The number of rotatable bonds is 2. The predicted molar refractivity (Wildman–Crippen MR) is 85.2 cm³/mol. The Labute approximate surface area is 129 Å². The molecule has 1 aromatic carbocycles. The summed E-state index contributed by atoms with van der Waals surface area (Å²) in [4.78, 5) is 28.8. The van der Waals surface area contributed by atoms with Crippen LogP contribution in [-0.2, 0) is 0 Å². The van der Waals surface area contributed by atoms with Crippen molar-refractivity contribution in [3.8, 4) is 0 Å². The normalized spacial score (nSPS) is 16.2. The lowest BCUT2D eigenvalue weighted by Gasteiger charge is -2.33. The Hall–Kier alpha value is -2.14. The molecule has 0 atom stereocenters. The largest absolute Gasteiger partial charge is 0.422 e. The van der Waals surface area contributed by atoms with Crippen molar-refractivity contribution in [2.24, 2.45) is 0 Å². The van der Waals surface area contributed by atoms with Crippen molar-refractivity contribution in [1.29, 1.82) is 0 Å². The Morgan fingerprint density at radius 3 is 2.64 bits per heavy atom. The van der Waals surface area contributed by atoms with E-state index in [4.69, 9.17) is 4.42 Å². The van der Waals surface area contributed by atoms with E-state index in [1.165, 1.54) is 0 Å². The third-order valence-corrected chi connectivity index (χ3v) is 4.29. The van der Waals surface area contributed by atoms with Gasteiger partial charge >= 0.3 is 5.63 Å². The number of carbonyl (C=O) groups is 1. The van der Waals surface area contributed by atoms with Crippen LogP contribution >= 0.6 is 0 Å². The van der Waals surface area contributed by atoms with Crippen molar-refractivity contribution < 1.29 is 9.21 Å². The summed E-state index contributed by atoms with van der Waals surface area (Å²) in [5.74, 6) is -0.229. The highest BCUT2D eigenvalue weighted by atomic mass is 16.4. The molecule has 5 nitrogen and oxygen atoms in total. The summed E-state index contributed by atoms with van der Waals surface area (Å²) < 4.78 is 5.36. The van der Waals surface area contributed by atoms with Crippen LogP contribution in [0.25, 0.3) is 11.0 Å². The Morgan fingerprint density at radius 1 is 1.23 bits per heavy atom. The van der Waals surface area contributed by atoms with Crippen molar-refractivity contribution in [1.82, 2.24) is 9.80 Å². The van der Waals surface area contributed by atoms with Crippen LogP contribution in [0.5, 0.6) is 0 Å². The fourth-order valence-electron chi connectivity index (χ4n) is 2.88. The summed E-state index contributed by atoms with van der Waals surface area (Å²) >= 11 is 0. The highest BCUT2D eigenvalue weighted by Crippen LogP contribution is 2.18. The first-order valence-corrected chi connectivity index (χ1v) is 7.65. The summed E-state index contributed by atoms with van der Waals surface area (Å²) in [6.07, 6.45) is 0. The van der Waals surface area contributed by atoms with Crippen LogP contribution in [0.4, 0.5) is 0 Å². The van der Waals surface area contributed by atoms with Crippen LogP contribution < -0.4 is 5.63 Å². The molecule has 0 N–H and O–H groups in total. The lowest BCUT2D eigenvalue weighted by atomic mass is 10.1. The molecule has 2 aromatic rings. The first-order valence-electron chi connectivity index (χ1n) is 7.65. The van der Waals surface area contributed by atoms with Crippen LogP contribution in [0.3, 0.4) is 0 Å². The number of carbonyl (C=O) groups excluding carboxylic acids is 1. The molecule has 0 radical (unpaired) electrons. The molecule has 2 heterocycles. The molecule has 116 valence electrons. The number of amides is 1. The second-order valence-electron chi connectivity index (χ2n) is 5.67. The van der Waals surface area contributed by atoms with Gasteiger partial charge in [0.2, 0.25) is 0 Å². The smallest absolute Gasteiger partial charge is 0.349 e. The van der Waals surface area contributed by atoms with Gasteiger partial charge in [0, 0.05) is 31.6 Å². The average molecular weight is 300 g/mol. The number of benzene rings is 1. The van der Waals surface area contributed by atoms with E-state index >= 15 is 0 Å². The number of aryl methyl sites for hydroxylation is 1. The number of piperazine rings is 1. The van der Waals surface area contributed by atoms with Gasteiger partial charge < -0.3 is 14.2 Å². The van der Waals surface area contributed by atoms with Crippen LogP contribution in [0, 0.1) is 6.92 Å². The van der Waals surface area contributed by atoms with E-state index in [1.54, 1.807) is 11.0 Å². The van der Waals surface area contributed by atoms with Crippen molar-refractivity contribution in [2.45, 2.75) is 13.8 Å². The maximum absolute atomic E-state index is 12.6. The molecule has 0 bridgehead atoms. The van der Waals surface area contributed by atoms with E-state index in [0.29, 0.717) is 18.7 Å². The van der Waals surface area contributed by atoms with Crippen molar-refractivity contribution in [2.75, 3.05) is 32.7 Å². The molecule has 3 rings (SSSR count). The molecule has 1 aliphatic heterocycles. The maximum atomic E-state index is 12.6. The third-order valence-electron chi connectivity index (χ3n) is 4.29. The average Bonchev–Trinajstić information content (AvgIpc) is 2.55. The predicted octanol–water partition coefficient (Wildman–Crippen LogP) is 1.88. The van der Waals surface area contributed by atoms with Gasteiger partial charge in [-0.1, -0.05) is 25.1 Å². The Balaban J connectivity index is 1.91. The van der Waals surface area contributed by atoms with Gasteiger partial charge in [-0.25, -0.2) is 4.79 Å². The summed E-state index contributed by atoms with van der Waals surface area (Å²) in [5.41, 5.74) is 1.03. The summed E-state index contributed by atoms with van der Waals surface area (Å²) in [6, 6.07) is 7.29. The number of hydrogen-bond acceptors (Lipinski definition) is 4. The van der Waals surface area contributed by atoms with Gasteiger partial charge in [0.1, 0.15) is 11.1 Å². The number of nitrogens with zero attached hydrogens (tertiary/aromatic N) is 2. The van der Waals surface area contributed by atoms with E-state index in [2.05, 4.69) is 11.8 Å². The standard InChI is InChI=1S/C17H20N2O3/c1-3-18-7-9-19(10-8-18)16(20)14-11-13-6-4-5-12(2)15(13)22-17(14)21/h4-6,11H,3,7-10H2,1-2H3. The van der Waals surface area contributed by atoms with E-state index in [0.717, 1.165) is 30.6 Å². The van der Waals surface area contributed by atoms with Crippen LogP contribution in [-0.4, -0.2) is 48.4 Å². The molecule has 1 saturated heterocycles. The number of para-hydroxylation sites is 1. The Kier molecular flexibility index (Phi) is 3.98. The molecule has 1 aromatic heterocycles. The minimum absolute atomic E-state index is 0.128. The zero-order chi connectivity index (χ0) is 15.7. The Bertz CT molecular complexity index is 758. The molecule has 0 saturated carbocycles. The fraction of sp³-hybridized carbons (Fsp3) is 0.412. The molecule has 0 spiro atoms. The number of likely N-dealkylation sites (N-methyl/N-ethyl adjacent to an activating group) is 1. The van der Waals surface area contributed by atoms with Crippen LogP contribution in [0.2, 0.25) is 0 Å². The van der Waals surface area contributed by atoms with Gasteiger partial charge in [0.05, 0.1) is 0 Å². The van der Waals surface area contributed by atoms with Crippen LogP contribution in [0.1, 0.15) is 22.8 Å². The first kappa shape index (κ1) is 14.8. The van der Waals surface area contributed by atoms with E-state index in [9.17, 15) is 9.59 Å². The monoisotopic (exact) mass is 300 g/mol. The second-order valence-corrected chi connectivity index (χ2v) is 5.67. The fourth-order valence-corrected chi connectivity index (χ4v) is 2.88. The molecule has 0 aliphatic carbocycles. The van der Waals surface area contributed by atoms with Crippen molar-refractivity contribution in [3.63, 3.8) is 0 Å². The molecule has 1 aliphatic rings. The summed E-state index contributed by atoms with van der Waals surface area (Å²) in [7, 11) is 0. The van der Waals surface area contributed by atoms with Crippen LogP contribution in [0.15, 0.2) is 33.5 Å². The molecule has 0 unspecified atom stereocenters. The van der Waals surface area contributed by atoms with E-state index in [1.807, 2.05) is 25.1 Å². The topological polar surface area (TPSA) is 53.8 Å². The van der Waals surface area contributed by atoms with Crippen molar-refractivity contribution >= 4 is 16.9 Å². The minimum atomic E-state index is -0.551. The second kappa shape index (κ2) is 5.93. The molecular weight excluding hydrogens is 280 g/mol. The summed E-state index contributed by atoms with van der Waals surface area (Å²) in [6.45, 7) is 7.98. The maximum Gasteiger partial charge on any atom is 0.349 e. The molecule has 1 fully saturated rings. The van der Waals surface area contributed by atoms with Gasteiger partial charge in [-0.2, -0.15) is 0 Å². The number of hydrogen-bond donors (Lipinski definition) is 0. The zero-order valence-electron chi connectivity index (χ0n) is 13.0. The molecule has 22 heavy (non-hydrogen) atoms. The highest BCUT2D eigenvalue weighted by Gasteiger charge is 2.24. The first-order chi connectivity index (χ1) is 10.6. The van der Waals surface area contributed by atoms with Gasteiger partial charge in [0.25, 0.3) is 5.91 Å². The summed E-state index contributed by atoms with van der Waals surface area (Å²) in [5, 5.41) is 0.787. The molecule has 1 amide bonds. The quantitative estimate of drug-likeness (QED) is 0.795. The van der Waals surface area contributed by atoms with Crippen molar-refractivity contribution in [3.05, 3.63) is 45.8 Å². The number of fused-ring (bicyclic) bond motifs is 1. The van der Waals surface area contributed by atoms with E-state index < -0.39 is 5.63 Å². The van der Waals surface area contributed by atoms with Gasteiger partial charge in [-0.3, -0.25) is 4.79 Å². The SMILES string of the molecule is CCN1CCN(C(=O)c2cc3cccc(C)c3oc2=O)CC1. The molecule has 5 heteroatoms.